The number of rotatable bonds is 1. The second kappa shape index (κ2) is 3.39. The Morgan fingerprint density at radius 1 is 1.33 bits per heavy atom. The third-order valence-corrected chi connectivity index (χ3v) is 2.03. The molecule has 0 aliphatic carbocycles. The number of hydrogen-bond donors (Lipinski definition) is 0. The lowest BCUT2D eigenvalue weighted by Crippen LogP contribution is -2.04. The minimum atomic E-state index is -4.26. The lowest BCUT2D eigenvalue weighted by molar-refractivity contribution is -0.137. The Kier molecular flexibility index (Phi) is 2.67. The van der Waals surface area contributed by atoms with Gasteiger partial charge in [0.1, 0.15) is 0 Å². The molecule has 1 aromatic carbocycles. The van der Waals surface area contributed by atoms with E-state index in [0.717, 1.165) is 12.1 Å². The smallest absolute Gasteiger partial charge is 0.166 e. The molecule has 1 aromatic rings. The molecule has 0 saturated heterocycles. The first kappa shape index (κ1) is 9.45. The summed E-state index contributed by atoms with van der Waals surface area (Å²) in [6, 6.07) is 6.03. The van der Waals surface area contributed by atoms with Gasteiger partial charge in [-0.15, -0.1) is 11.8 Å². The molecule has 1 radical (unpaired) electrons. The predicted octanol–water partition coefficient (Wildman–Crippen LogP) is 3.23. The monoisotopic (exact) mass is 191 g/mol. The Morgan fingerprint density at radius 2 is 2.00 bits per heavy atom. The summed E-state index contributed by atoms with van der Waals surface area (Å²) in [6.07, 6.45) is -2.54. The highest BCUT2D eigenvalue weighted by molar-refractivity contribution is 7.98. The van der Waals surface area contributed by atoms with Gasteiger partial charge in [-0.2, -0.15) is 13.2 Å². The summed E-state index contributed by atoms with van der Waals surface area (Å²) in [5, 5.41) is 0. The molecular weight excluding hydrogens is 185 g/mol. The van der Waals surface area contributed by atoms with Gasteiger partial charge in [-0.05, 0) is 30.5 Å². The van der Waals surface area contributed by atoms with Gasteiger partial charge in [0.2, 0.25) is 0 Å². The summed E-state index contributed by atoms with van der Waals surface area (Å²) >= 11 is 1.27. The van der Waals surface area contributed by atoms with Gasteiger partial charge in [0, 0.05) is 4.90 Å². The average Bonchev–Trinajstić information content (AvgIpc) is 2.03. The van der Waals surface area contributed by atoms with E-state index in [1.54, 1.807) is 6.26 Å². The minimum absolute atomic E-state index is 0.574. The van der Waals surface area contributed by atoms with Crippen LogP contribution < -0.4 is 0 Å². The van der Waals surface area contributed by atoms with Crippen molar-refractivity contribution in [3.8, 4) is 0 Å². The van der Waals surface area contributed by atoms with Crippen molar-refractivity contribution in [1.29, 1.82) is 0 Å². The molecule has 0 amide bonds. The molecule has 0 aromatic heterocycles. The Labute approximate surface area is 72.8 Å². The molecule has 0 N–H and O–H groups in total. The van der Waals surface area contributed by atoms with Crippen LogP contribution in [0.3, 0.4) is 0 Å². The minimum Gasteiger partial charge on any atom is -0.166 e. The van der Waals surface area contributed by atoms with Gasteiger partial charge in [0.15, 0.2) is 0 Å². The Bertz CT molecular complexity index is 267. The van der Waals surface area contributed by atoms with Gasteiger partial charge in [-0.25, -0.2) is 0 Å². The fraction of sp³-hybridized carbons (Fsp3) is 0.250. The maximum absolute atomic E-state index is 12.1. The van der Waals surface area contributed by atoms with Crippen molar-refractivity contribution in [2.24, 2.45) is 0 Å². The van der Waals surface area contributed by atoms with E-state index in [9.17, 15) is 13.2 Å². The van der Waals surface area contributed by atoms with Gasteiger partial charge in [0.25, 0.3) is 0 Å². The van der Waals surface area contributed by atoms with Gasteiger partial charge in [-0.3, -0.25) is 0 Å². The quantitative estimate of drug-likeness (QED) is 0.614. The van der Waals surface area contributed by atoms with E-state index < -0.39 is 11.7 Å². The third kappa shape index (κ3) is 2.17. The second-order valence-electron chi connectivity index (χ2n) is 2.16. The van der Waals surface area contributed by atoms with Crippen LogP contribution in [-0.4, -0.2) is 6.26 Å². The van der Waals surface area contributed by atoms with E-state index in [1.807, 2.05) is 0 Å². The molecule has 4 heteroatoms. The summed E-state index contributed by atoms with van der Waals surface area (Å²) in [4.78, 5) is 0.574. The summed E-state index contributed by atoms with van der Waals surface area (Å²) < 4.78 is 36.2. The first-order chi connectivity index (χ1) is 5.54. The highest BCUT2D eigenvalue weighted by atomic mass is 32.2. The van der Waals surface area contributed by atoms with Crippen LogP contribution >= 0.6 is 11.8 Å². The van der Waals surface area contributed by atoms with Gasteiger partial charge in [0.05, 0.1) is 5.56 Å². The largest absolute Gasteiger partial charge is 0.416 e. The lowest BCUT2D eigenvalue weighted by Gasteiger charge is -2.06. The Hall–Kier alpha value is -0.640. The van der Waals surface area contributed by atoms with Crippen molar-refractivity contribution in [1.82, 2.24) is 0 Å². The van der Waals surface area contributed by atoms with Crippen LogP contribution in [0.1, 0.15) is 5.56 Å². The summed E-state index contributed by atoms with van der Waals surface area (Å²) in [7, 11) is 0. The first-order valence-electron chi connectivity index (χ1n) is 3.16. The molecular formula is C8H6F3S. The van der Waals surface area contributed by atoms with Crippen molar-refractivity contribution < 1.29 is 13.2 Å². The van der Waals surface area contributed by atoms with Crippen molar-refractivity contribution >= 4 is 11.8 Å². The first-order valence-corrected chi connectivity index (χ1v) is 4.39. The molecule has 12 heavy (non-hydrogen) atoms. The van der Waals surface area contributed by atoms with E-state index in [2.05, 4.69) is 6.07 Å². The Balaban J connectivity index is 3.02. The Morgan fingerprint density at radius 3 is 2.50 bits per heavy atom. The van der Waals surface area contributed by atoms with E-state index in [0.29, 0.717) is 4.90 Å². The topological polar surface area (TPSA) is 0 Å². The van der Waals surface area contributed by atoms with Gasteiger partial charge in [-0.1, -0.05) is 0 Å². The van der Waals surface area contributed by atoms with E-state index in [4.69, 9.17) is 0 Å². The average molecular weight is 191 g/mol. The van der Waals surface area contributed by atoms with Crippen LogP contribution in [-0.2, 0) is 6.18 Å². The number of alkyl halides is 3. The maximum atomic E-state index is 12.1. The fourth-order valence-electron chi connectivity index (χ4n) is 0.732. The molecule has 1 rings (SSSR count). The van der Waals surface area contributed by atoms with Crippen molar-refractivity contribution in [3.05, 3.63) is 29.8 Å². The summed E-state index contributed by atoms with van der Waals surface area (Å²) in [5.41, 5.74) is -0.644. The number of thioether (sulfide) groups is 1. The third-order valence-electron chi connectivity index (χ3n) is 1.33. The van der Waals surface area contributed by atoms with Crippen LogP contribution in [0.4, 0.5) is 13.2 Å². The van der Waals surface area contributed by atoms with E-state index in [-0.39, 0.29) is 0 Å². The van der Waals surface area contributed by atoms with Gasteiger partial charge < -0.3 is 0 Å². The SMILES string of the molecule is CSc1c[c]cc(C(F)(F)F)c1. The zero-order valence-corrected chi connectivity index (χ0v) is 7.09. The van der Waals surface area contributed by atoms with E-state index in [1.165, 1.54) is 17.8 Å². The van der Waals surface area contributed by atoms with Crippen LogP contribution in [0.25, 0.3) is 0 Å². The zero-order valence-electron chi connectivity index (χ0n) is 6.27. The second-order valence-corrected chi connectivity index (χ2v) is 3.04. The molecule has 0 bridgehead atoms. The molecule has 0 heterocycles. The van der Waals surface area contributed by atoms with Crippen molar-refractivity contribution in [2.45, 2.75) is 11.1 Å². The molecule has 0 unspecified atom stereocenters. The molecule has 0 atom stereocenters. The molecule has 0 aliphatic heterocycles. The predicted molar refractivity (Wildman–Crippen MR) is 42.1 cm³/mol. The van der Waals surface area contributed by atoms with Crippen molar-refractivity contribution in [2.75, 3.05) is 6.26 Å². The molecule has 0 spiro atoms. The molecule has 0 saturated carbocycles. The highest BCUT2D eigenvalue weighted by Crippen LogP contribution is 2.30. The van der Waals surface area contributed by atoms with Crippen LogP contribution in [0.15, 0.2) is 23.1 Å². The molecule has 65 valence electrons. The molecule has 0 fully saturated rings. The fourth-order valence-corrected chi connectivity index (χ4v) is 1.16. The maximum Gasteiger partial charge on any atom is 0.416 e. The molecule has 0 aliphatic rings. The summed E-state index contributed by atoms with van der Waals surface area (Å²) in [6.45, 7) is 0. The summed E-state index contributed by atoms with van der Waals surface area (Å²) in [5.74, 6) is 0. The van der Waals surface area contributed by atoms with Crippen molar-refractivity contribution in [3.63, 3.8) is 0 Å². The normalized spacial score (nSPS) is 11.7. The van der Waals surface area contributed by atoms with Crippen LogP contribution in [0, 0.1) is 6.07 Å². The number of hydrogen-bond acceptors (Lipinski definition) is 1. The van der Waals surface area contributed by atoms with Crippen LogP contribution in [0.2, 0.25) is 0 Å². The van der Waals surface area contributed by atoms with E-state index >= 15 is 0 Å². The standard InChI is InChI=1S/C8H6F3S/c1-12-7-4-2-3-6(5-7)8(9,10)11/h3-5H,1H3. The number of halogens is 3. The lowest BCUT2D eigenvalue weighted by atomic mass is 10.2. The molecule has 0 nitrogen and oxygen atoms in total. The highest BCUT2D eigenvalue weighted by Gasteiger charge is 2.30. The number of benzene rings is 1. The van der Waals surface area contributed by atoms with Gasteiger partial charge >= 0.3 is 6.18 Å². The van der Waals surface area contributed by atoms with Crippen LogP contribution in [0.5, 0.6) is 0 Å². The zero-order chi connectivity index (χ0) is 9.19.